The molecule has 3 atom stereocenters. The molecule has 1 aliphatic heterocycles. The molecule has 148 valence electrons. The summed E-state index contributed by atoms with van der Waals surface area (Å²) in [4.78, 5) is 2.37. The molecule has 4 heteroatoms. The van der Waals surface area contributed by atoms with Crippen LogP contribution in [-0.4, -0.2) is 42.4 Å². The molecule has 1 heterocycles. The summed E-state index contributed by atoms with van der Waals surface area (Å²) in [6.07, 6.45) is 5.95. The van der Waals surface area contributed by atoms with Crippen molar-refractivity contribution in [1.29, 1.82) is 0 Å². The molecule has 0 aromatic heterocycles. The number of piperidine rings is 1. The minimum atomic E-state index is -0.702. The van der Waals surface area contributed by atoms with Crippen LogP contribution in [0.4, 0.5) is 0 Å². The first-order valence-electron chi connectivity index (χ1n) is 10.4. The summed E-state index contributed by atoms with van der Waals surface area (Å²) in [5.74, 6) is 2.36. The smallest absolute Gasteiger partial charge is 0.173 e. The second-order valence-corrected chi connectivity index (χ2v) is 8.71. The lowest BCUT2D eigenvalue weighted by molar-refractivity contribution is -0.160. The normalized spacial score (nSPS) is 31.6. The molecule has 1 N–H and O–H groups in total. The molecule has 0 amide bonds. The molecule has 2 bridgehead atoms. The zero-order chi connectivity index (χ0) is 19.4. The van der Waals surface area contributed by atoms with E-state index in [0.29, 0.717) is 0 Å². The molecule has 0 radical (unpaired) electrons. The molecule has 2 aromatic rings. The van der Waals surface area contributed by atoms with Gasteiger partial charge in [0.2, 0.25) is 0 Å². The van der Waals surface area contributed by atoms with Gasteiger partial charge in [0.15, 0.2) is 11.5 Å². The molecule has 28 heavy (non-hydrogen) atoms. The van der Waals surface area contributed by atoms with Crippen molar-refractivity contribution in [2.24, 2.45) is 0 Å². The van der Waals surface area contributed by atoms with E-state index in [1.807, 2.05) is 36.4 Å². The van der Waals surface area contributed by atoms with Gasteiger partial charge in [0, 0.05) is 17.0 Å². The van der Waals surface area contributed by atoms with Crippen LogP contribution >= 0.6 is 0 Å². The van der Waals surface area contributed by atoms with E-state index in [0.717, 1.165) is 62.3 Å². The predicted octanol–water partition coefficient (Wildman–Crippen LogP) is 4.29. The Kier molecular flexibility index (Phi) is 4.18. The van der Waals surface area contributed by atoms with Crippen molar-refractivity contribution in [3.8, 4) is 17.2 Å². The van der Waals surface area contributed by atoms with Crippen LogP contribution in [0.3, 0.4) is 0 Å². The van der Waals surface area contributed by atoms with Crippen LogP contribution in [0, 0.1) is 0 Å². The van der Waals surface area contributed by atoms with Crippen LogP contribution in [0.15, 0.2) is 42.5 Å². The predicted molar refractivity (Wildman–Crippen MR) is 109 cm³/mol. The number of aliphatic hydroxyl groups is 1. The number of para-hydroxylation sites is 1. The third-order valence-corrected chi connectivity index (χ3v) is 7.50. The van der Waals surface area contributed by atoms with E-state index in [4.69, 9.17) is 9.47 Å². The maximum absolute atomic E-state index is 12.1. The van der Waals surface area contributed by atoms with Crippen LogP contribution in [0.2, 0.25) is 0 Å². The SMILES string of the molecule is COc1ccc2c(c1Oc1ccccc1)[C@@]13CCCC[C@@]1(O)[C@H](C2)N(C)CC3. The summed E-state index contributed by atoms with van der Waals surface area (Å²) in [5.41, 5.74) is 1.54. The quantitative estimate of drug-likeness (QED) is 0.864. The summed E-state index contributed by atoms with van der Waals surface area (Å²) in [7, 11) is 3.86. The average Bonchev–Trinajstić information content (AvgIpc) is 2.71. The number of likely N-dealkylation sites (N-methyl/N-ethyl adjacent to an activating group) is 1. The summed E-state index contributed by atoms with van der Waals surface area (Å²) >= 11 is 0. The van der Waals surface area contributed by atoms with E-state index in [2.05, 4.69) is 18.0 Å². The molecule has 2 fully saturated rings. The zero-order valence-electron chi connectivity index (χ0n) is 16.8. The minimum absolute atomic E-state index is 0.173. The number of hydrogen-bond acceptors (Lipinski definition) is 4. The highest BCUT2D eigenvalue weighted by atomic mass is 16.5. The third kappa shape index (κ3) is 2.37. The number of likely N-dealkylation sites (tertiary alicyclic amines) is 1. The number of ether oxygens (including phenoxy) is 2. The Labute approximate surface area is 167 Å². The Balaban J connectivity index is 1.74. The van der Waals surface area contributed by atoms with Gasteiger partial charge in [0.1, 0.15) is 5.75 Å². The molecule has 0 unspecified atom stereocenters. The number of benzene rings is 2. The Morgan fingerprint density at radius 3 is 2.61 bits per heavy atom. The van der Waals surface area contributed by atoms with Gasteiger partial charge in [0.25, 0.3) is 0 Å². The van der Waals surface area contributed by atoms with Crippen molar-refractivity contribution in [3.05, 3.63) is 53.6 Å². The largest absolute Gasteiger partial charge is 0.493 e. The average molecular weight is 380 g/mol. The maximum atomic E-state index is 12.1. The van der Waals surface area contributed by atoms with Gasteiger partial charge in [-0.3, -0.25) is 0 Å². The van der Waals surface area contributed by atoms with Crippen molar-refractivity contribution in [3.63, 3.8) is 0 Å². The summed E-state index contributed by atoms with van der Waals surface area (Å²) in [6, 6.07) is 14.3. The van der Waals surface area contributed by atoms with Crippen LogP contribution in [0.25, 0.3) is 0 Å². The van der Waals surface area contributed by atoms with E-state index in [1.165, 1.54) is 11.1 Å². The molecule has 2 aromatic carbocycles. The highest BCUT2D eigenvalue weighted by Gasteiger charge is 2.63. The number of fused-ring (bicyclic) bond motifs is 1. The molecular formula is C24H29NO3. The molecule has 1 saturated carbocycles. The highest BCUT2D eigenvalue weighted by molar-refractivity contribution is 5.60. The fraction of sp³-hybridized carbons (Fsp3) is 0.500. The number of methoxy groups -OCH3 is 1. The van der Waals surface area contributed by atoms with Gasteiger partial charge in [-0.2, -0.15) is 0 Å². The summed E-state index contributed by atoms with van der Waals surface area (Å²) < 4.78 is 12.2. The van der Waals surface area contributed by atoms with Gasteiger partial charge in [-0.1, -0.05) is 37.1 Å². The second-order valence-electron chi connectivity index (χ2n) is 8.71. The van der Waals surface area contributed by atoms with E-state index in [1.54, 1.807) is 7.11 Å². The van der Waals surface area contributed by atoms with E-state index in [9.17, 15) is 5.11 Å². The van der Waals surface area contributed by atoms with Gasteiger partial charge in [-0.15, -0.1) is 0 Å². The van der Waals surface area contributed by atoms with Crippen LogP contribution in [0.5, 0.6) is 17.2 Å². The van der Waals surface area contributed by atoms with Crippen LogP contribution < -0.4 is 9.47 Å². The first-order valence-corrected chi connectivity index (χ1v) is 10.4. The van der Waals surface area contributed by atoms with Gasteiger partial charge in [-0.05, 0) is 63.0 Å². The lowest BCUT2D eigenvalue weighted by Gasteiger charge is -2.63. The lowest BCUT2D eigenvalue weighted by Crippen LogP contribution is -2.71. The van der Waals surface area contributed by atoms with Crippen LogP contribution in [-0.2, 0) is 11.8 Å². The van der Waals surface area contributed by atoms with Gasteiger partial charge < -0.3 is 19.5 Å². The number of nitrogens with zero attached hydrogens (tertiary/aromatic N) is 1. The Morgan fingerprint density at radius 2 is 1.82 bits per heavy atom. The molecule has 0 spiro atoms. The zero-order valence-corrected chi connectivity index (χ0v) is 16.8. The standard InChI is InChI=1S/C24H29NO3/c1-25-15-14-23-12-6-7-13-24(23,26)20(25)16-17-10-11-19(27-2)22(21(17)23)28-18-8-4-3-5-9-18/h3-5,8-11,20,26H,6-7,12-16H2,1-2H3/t20-,23-,24+/m0/s1. The molecule has 1 saturated heterocycles. The molecule has 5 rings (SSSR count). The van der Waals surface area contributed by atoms with Crippen molar-refractivity contribution in [2.45, 2.75) is 55.6 Å². The van der Waals surface area contributed by atoms with Gasteiger partial charge >= 0.3 is 0 Å². The molecule has 4 nitrogen and oxygen atoms in total. The Hall–Kier alpha value is -2.04. The van der Waals surface area contributed by atoms with E-state index < -0.39 is 5.60 Å². The maximum Gasteiger partial charge on any atom is 0.173 e. The van der Waals surface area contributed by atoms with Crippen molar-refractivity contribution >= 4 is 0 Å². The fourth-order valence-corrected chi connectivity index (χ4v) is 6.16. The van der Waals surface area contributed by atoms with Crippen molar-refractivity contribution in [1.82, 2.24) is 4.90 Å². The second kappa shape index (κ2) is 6.50. The van der Waals surface area contributed by atoms with Gasteiger partial charge in [-0.25, -0.2) is 0 Å². The topological polar surface area (TPSA) is 41.9 Å². The van der Waals surface area contributed by atoms with Crippen molar-refractivity contribution in [2.75, 3.05) is 20.7 Å². The summed E-state index contributed by atoms with van der Waals surface area (Å²) in [5, 5.41) is 12.1. The Bertz CT molecular complexity index is 883. The molecule has 3 aliphatic rings. The van der Waals surface area contributed by atoms with Gasteiger partial charge in [0.05, 0.1) is 12.7 Å². The highest BCUT2D eigenvalue weighted by Crippen LogP contribution is 2.61. The fourth-order valence-electron chi connectivity index (χ4n) is 6.16. The number of rotatable bonds is 3. The first kappa shape index (κ1) is 18.0. The minimum Gasteiger partial charge on any atom is -0.493 e. The monoisotopic (exact) mass is 379 g/mol. The number of hydrogen-bond donors (Lipinski definition) is 1. The summed E-state index contributed by atoms with van der Waals surface area (Å²) in [6.45, 7) is 1.01. The molecular weight excluding hydrogens is 350 g/mol. The lowest BCUT2D eigenvalue weighted by atomic mass is 9.49. The third-order valence-electron chi connectivity index (χ3n) is 7.50. The van der Waals surface area contributed by atoms with Crippen LogP contribution in [0.1, 0.15) is 43.2 Å². The molecule has 2 aliphatic carbocycles. The van der Waals surface area contributed by atoms with E-state index >= 15 is 0 Å². The first-order chi connectivity index (χ1) is 13.6. The van der Waals surface area contributed by atoms with Crippen molar-refractivity contribution < 1.29 is 14.6 Å². The Morgan fingerprint density at radius 1 is 1.04 bits per heavy atom. The van der Waals surface area contributed by atoms with E-state index in [-0.39, 0.29) is 11.5 Å².